The quantitative estimate of drug-likeness (QED) is 0.838. The molecule has 0 saturated carbocycles. The number of likely N-dealkylation sites (tertiary alicyclic amines) is 1. The molecule has 130 valence electrons. The lowest BCUT2D eigenvalue weighted by atomic mass is 10.0. The Kier molecular flexibility index (Phi) is 5.82. The lowest BCUT2D eigenvalue weighted by Gasteiger charge is -2.32. The fourth-order valence-electron chi connectivity index (χ4n) is 3.04. The smallest absolute Gasteiger partial charge is 0.387 e. The van der Waals surface area contributed by atoms with E-state index in [2.05, 4.69) is 15.0 Å². The zero-order valence-corrected chi connectivity index (χ0v) is 13.5. The number of benzene rings is 1. The molecule has 0 aliphatic carbocycles. The molecule has 6 heteroatoms. The molecule has 0 bridgehead atoms. The van der Waals surface area contributed by atoms with Crippen molar-refractivity contribution >= 4 is 0 Å². The Morgan fingerprint density at radius 1 is 1.17 bits per heavy atom. The Morgan fingerprint density at radius 2 is 1.96 bits per heavy atom. The van der Waals surface area contributed by atoms with E-state index >= 15 is 0 Å². The molecule has 1 aliphatic rings. The summed E-state index contributed by atoms with van der Waals surface area (Å²) in [4.78, 5) is 2.28. The number of furan rings is 1. The second-order valence-corrected chi connectivity index (χ2v) is 6.00. The maximum atomic E-state index is 12.5. The van der Waals surface area contributed by atoms with Crippen LogP contribution in [0.25, 0.3) is 0 Å². The first-order valence-corrected chi connectivity index (χ1v) is 8.21. The zero-order valence-electron chi connectivity index (χ0n) is 13.5. The van der Waals surface area contributed by atoms with Crippen molar-refractivity contribution in [3.05, 3.63) is 54.0 Å². The number of nitrogens with zero attached hydrogens (tertiary/aromatic N) is 1. The fourth-order valence-corrected chi connectivity index (χ4v) is 3.04. The standard InChI is InChI=1S/C18H22F2N2O2/c19-18(20)24-17-6-2-1-4-14(17)13-22-9-7-15(8-10-22)21-12-16-5-3-11-23-16/h1-6,11,15,18,21H,7-10,12-13H2. The molecule has 1 aliphatic heterocycles. The first kappa shape index (κ1) is 16.9. The number of halogens is 2. The van der Waals surface area contributed by atoms with Crippen molar-refractivity contribution in [2.45, 2.75) is 38.6 Å². The summed E-state index contributed by atoms with van der Waals surface area (Å²) in [5.74, 6) is 1.21. The summed E-state index contributed by atoms with van der Waals surface area (Å²) in [7, 11) is 0. The van der Waals surface area contributed by atoms with Gasteiger partial charge in [0.15, 0.2) is 0 Å². The largest absolute Gasteiger partial charge is 0.468 e. The predicted molar refractivity (Wildman–Crippen MR) is 86.9 cm³/mol. The predicted octanol–water partition coefficient (Wildman–Crippen LogP) is 3.64. The third kappa shape index (κ3) is 4.79. The van der Waals surface area contributed by atoms with Crippen LogP contribution >= 0.6 is 0 Å². The molecule has 0 amide bonds. The van der Waals surface area contributed by atoms with Crippen molar-refractivity contribution in [2.75, 3.05) is 13.1 Å². The zero-order chi connectivity index (χ0) is 16.8. The average Bonchev–Trinajstić information content (AvgIpc) is 3.09. The Labute approximate surface area is 140 Å². The highest BCUT2D eigenvalue weighted by Crippen LogP contribution is 2.23. The molecule has 24 heavy (non-hydrogen) atoms. The minimum Gasteiger partial charge on any atom is -0.468 e. The van der Waals surface area contributed by atoms with Crippen LogP contribution in [-0.2, 0) is 13.1 Å². The highest BCUT2D eigenvalue weighted by atomic mass is 19.3. The maximum absolute atomic E-state index is 12.5. The summed E-state index contributed by atoms with van der Waals surface area (Å²) < 4.78 is 34.9. The van der Waals surface area contributed by atoms with Crippen LogP contribution in [0.2, 0.25) is 0 Å². The Balaban J connectivity index is 1.47. The molecule has 3 rings (SSSR count). The maximum Gasteiger partial charge on any atom is 0.387 e. The molecule has 1 N–H and O–H groups in total. The van der Waals surface area contributed by atoms with Gasteiger partial charge in [-0.05, 0) is 44.1 Å². The van der Waals surface area contributed by atoms with Crippen LogP contribution in [0.4, 0.5) is 8.78 Å². The molecule has 4 nitrogen and oxygen atoms in total. The van der Waals surface area contributed by atoms with Gasteiger partial charge in [0.2, 0.25) is 0 Å². The molecule has 2 aromatic rings. The van der Waals surface area contributed by atoms with Gasteiger partial charge in [0.1, 0.15) is 11.5 Å². The molecule has 0 unspecified atom stereocenters. The molecular weight excluding hydrogens is 314 g/mol. The third-order valence-electron chi connectivity index (χ3n) is 4.32. The van der Waals surface area contributed by atoms with E-state index in [0.29, 0.717) is 12.6 Å². The summed E-state index contributed by atoms with van der Waals surface area (Å²) in [5, 5.41) is 3.50. The number of hydrogen-bond acceptors (Lipinski definition) is 4. The van der Waals surface area contributed by atoms with Gasteiger partial charge in [-0.2, -0.15) is 8.78 Å². The Bertz CT molecular complexity index is 611. The topological polar surface area (TPSA) is 37.6 Å². The summed E-state index contributed by atoms with van der Waals surface area (Å²) in [6.45, 7) is 0.441. The molecule has 0 radical (unpaired) electrons. The summed E-state index contributed by atoms with van der Waals surface area (Å²) >= 11 is 0. The number of piperidine rings is 1. The summed E-state index contributed by atoms with van der Waals surface area (Å²) in [6, 6.07) is 11.3. The second kappa shape index (κ2) is 8.26. The van der Waals surface area contributed by atoms with Gasteiger partial charge < -0.3 is 14.5 Å². The lowest BCUT2D eigenvalue weighted by molar-refractivity contribution is -0.0508. The number of nitrogens with one attached hydrogen (secondary N) is 1. The Hall–Kier alpha value is -1.92. The fraction of sp³-hybridized carbons (Fsp3) is 0.444. The van der Waals surface area contributed by atoms with Gasteiger partial charge in [-0.15, -0.1) is 0 Å². The Morgan fingerprint density at radius 3 is 2.67 bits per heavy atom. The van der Waals surface area contributed by atoms with Crippen molar-refractivity contribution in [3.8, 4) is 5.75 Å². The molecule has 1 aromatic heterocycles. The van der Waals surface area contributed by atoms with E-state index in [-0.39, 0.29) is 5.75 Å². The number of ether oxygens (including phenoxy) is 1. The third-order valence-corrected chi connectivity index (χ3v) is 4.32. The first-order chi connectivity index (χ1) is 11.7. The molecular formula is C18H22F2N2O2. The van der Waals surface area contributed by atoms with Gasteiger partial charge in [-0.3, -0.25) is 4.90 Å². The van der Waals surface area contributed by atoms with Crippen LogP contribution in [0, 0.1) is 0 Å². The van der Waals surface area contributed by atoms with E-state index < -0.39 is 6.61 Å². The minimum atomic E-state index is -2.79. The normalized spacial score (nSPS) is 16.6. The van der Waals surface area contributed by atoms with Crippen molar-refractivity contribution in [3.63, 3.8) is 0 Å². The van der Waals surface area contributed by atoms with E-state index in [4.69, 9.17) is 4.42 Å². The molecule has 1 fully saturated rings. The number of para-hydroxylation sites is 1. The molecule has 1 aromatic carbocycles. The second-order valence-electron chi connectivity index (χ2n) is 6.00. The molecule has 0 spiro atoms. The number of rotatable bonds is 7. The van der Waals surface area contributed by atoms with Gasteiger partial charge in [-0.1, -0.05) is 18.2 Å². The van der Waals surface area contributed by atoms with Crippen LogP contribution in [0.15, 0.2) is 47.1 Å². The van der Waals surface area contributed by atoms with Crippen molar-refractivity contribution < 1.29 is 17.9 Å². The minimum absolute atomic E-state index is 0.269. The molecule has 1 saturated heterocycles. The summed E-state index contributed by atoms with van der Waals surface area (Å²) in [5.41, 5.74) is 0.805. The average molecular weight is 336 g/mol. The van der Waals surface area contributed by atoms with E-state index in [1.807, 2.05) is 24.3 Å². The SMILES string of the molecule is FC(F)Oc1ccccc1CN1CCC(NCc2ccco2)CC1. The highest BCUT2D eigenvalue weighted by Gasteiger charge is 2.20. The van der Waals surface area contributed by atoms with Crippen LogP contribution in [0.1, 0.15) is 24.2 Å². The van der Waals surface area contributed by atoms with Crippen molar-refractivity contribution in [1.29, 1.82) is 0 Å². The summed E-state index contributed by atoms with van der Waals surface area (Å²) in [6.07, 6.45) is 3.73. The van der Waals surface area contributed by atoms with Crippen molar-refractivity contribution in [1.82, 2.24) is 10.2 Å². The molecule has 2 heterocycles. The van der Waals surface area contributed by atoms with Crippen LogP contribution in [0.5, 0.6) is 5.75 Å². The van der Waals surface area contributed by atoms with Gasteiger partial charge in [0.25, 0.3) is 0 Å². The van der Waals surface area contributed by atoms with Crippen LogP contribution in [-0.4, -0.2) is 30.6 Å². The van der Waals surface area contributed by atoms with Gasteiger partial charge in [0.05, 0.1) is 12.8 Å². The highest BCUT2D eigenvalue weighted by molar-refractivity contribution is 5.33. The van der Waals surface area contributed by atoms with Crippen molar-refractivity contribution in [2.24, 2.45) is 0 Å². The van der Waals surface area contributed by atoms with Gasteiger partial charge in [0, 0.05) is 18.2 Å². The van der Waals surface area contributed by atoms with E-state index in [1.165, 1.54) is 0 Å². The number of alkyl halides is 2. The van der Waals surface area contributed by atoms with Crippen LogP contribution < -0.4 is 10.1 Å². The van der Waals surface area contributed by atoms with Crippen LogP contribution in [0.3, 0.4) is 0 Å². The van der Waals surface area contributed by atoms with E-state index in [1.54, 1.807) is 18.4 Å². The monoisotopic (exact) mass is 336 g/mol. The number of hydrogen-bond donors (Lipinski definition) is 1. The molecule has 0 atom stereocenters. The van der Waals surface area contributed by atoms with Gasteiger partial charge in [-0.25, -0.2) is 0 Å². The first-order valence-electron chi connectivity index (χ1n) is 8.21. The van der Waals surface area contributed by atoms with Gasteiger partial charge >= 0.3 is 6.61 Å². The van der Waals surface area contributed by atoms with E-state index in [9.17, 15) is 8.78 Å². The lowest BCUT2D eigenvalue weighted by Crippen LogP contribution is -2.41. The van der Waals surface area contributed by atoms with E-state index in [0.717, 1.165) is 43.8 Å².